The minimum Gasteiger partial charge on any atom is -0.494 e. The van der Waals surface area contributed by atoms with Crippen LogP contribution in [0, 0.1) is 0 Å². The minimum atomic E-state index is -0.302. The van der Waals surface area contributed by atoms with Gasteiger partial charge in [0, 0.05) is 6.42 Å². The van der Waals surface area contributed by atoms with Gasteiger partial charge in [-0.15, -0.1) is 0 Å². The smallest absolute Gasteiger partial charge is 0.322 e. The fourth-order valence-electron chi connectivity index (χ4n) is 1.84. The molecule has 0 saturated carbocycles. The van der Waals surface area contributed by atoms with Crippen molar-refractivity contribution in [3.63, 3.8) is 0 Å². The number of benzene rings is 1. The summed E-state index contributed by atoms with van der Waals surface area (Å²) in [6, 6.07) is 7.71. The van der Waals surface area contributed by atoms with E-state index in [1.807, 2.05) is 25.1 Å². The standard InChI is InChI=1S/C15H23NO3/c1-4-12-7-6-8-13(11-12)19-10-9-14(16-5-2)15(17)18-3/h6-8,11,14,16H,4-5,9-10H2,1-3H3. The van der Waals surface area contributed by atoms with Gasteiger partial charge < -0.3 is 14.8 Å². The van der Waals surface area contributed by atoms with Crippen LogP contribution >= 0.6 is 0 Å². The number of ether oxygens (including phenoxy) is 2. The molecule has 0 aliphatic heterocycles. The molecule has 1 aromatic carbocycles. The Labute approximate surface area is 115 Å². The molecule has 0 fully saturated rings. The molecule has 4 nitrogen and oxygen atoms in total. The minimum absolute atomic E-state index is 0.243. The van der Waals surface area contributed by atoms with E-state index in [4.69, 9.17) is 9.47 Å². The predicted octanol–water partition coefficient (Wildman–Crippen LogP) is 2.17. The SMILES string of the molecule is CCNC(CCOc1cccc(CC)c1)C(=O)OC. The molecule has 106 valence electrons. The van der Waals surface area contributed by atoms with Gasteiger partial charge in [-0.05, 0) is 30.7 Å². The summed E-state index contributed by atoms with van der Waals surface area (Å²) in [4.78, 5) is 11.5. The largest absolute Gasteiger partial charge is 0.494 e. The Kier molecular flexibility index (Phi) is 6.97. The molecule has 19 heavy (non-hydrogen) atoms. The van der Waals surface area contributed by atoms with Crippen molar-refractivity contribution in [1.82, 2.24) is 5.32 Å². The first-order chi connectivity index (χ1) is 9.21. The number of hydrogen-bond donors (Lipinski definition) is 1. The molecule has 4 heteroatoms. The van der Waals surface area contributed by atoms with Gasteiger partial charge in [0.05, 0.1) is 13.7 Å². The monoisotopic (exact) mass is 265 g/mol. The quantitative estimate of drug-likeness (QED) is 0.732. The van der Waals surface area contributed by atoms with E-state index in [1.54, 1.807) is 0 Å². The number of esters is 1. The van der Waals surface area contributed by atoms with Gasteiger partial charge in [0.1, 0.15) is 11.8 Å². The molecular weight excluding hydrogens is 242 g/mol. The Balaban J connectivity index is 2.44. The first kappa shape index (κ1) is 15.5. The van der Waals surface area contributed by atoms with Crippen molar-refractivity contribution in [2.45, 2.75) is 32.7 Å². The van der Waals surface area contributed by atoms with E-state index in [1.165, 1.54) is 12.7 Å². The summed E-state index contributed by atoms with van der Waals surface area (Å²) in [5.74, 6) is 0.604. The number of likely N-dealkylation sites (N-methyl/N-ethyl adjacent to an activating group) is 1. The zero-order valence-corrected chi connectivity index (χ0v) is 11.9. The maximum Gasteiger partial charge on any atom is 0.322 e. The van der Waals surface area contributed by atoms with Crippen LogP contribution in [0.25, 0.3) is 0 Å². The Bertz CT molecular complexity index is 393. The van der Waals surface area contributed by atoms with Gasteiger partial charge in [0.25, 0.3) is 0 Å². The van der Waals surface area contributed by atoms with Gasteiger partial charge >= 0.3 is 5.97 Å². The highest BCUT2D eigenvalue weighted by Gasteiger charge is 2.17. The lowest BCUT2D eigenvalue weighted by Gasteiger charge is -2.15. The molecule has 1 rings (SSSR count). The van der Waals surface area contributed by atoms with Crippen LogP contribution in [0.5, 0.6) is 5.75 Å². The zero-order chi connectivity index (χ0) is 14.1. The summed E-state index contributed by atoms with van der Waals surface area (Å²) < 4.78 is 10.4. The van der Waals surface area contributed by atoms with E-state index in [0.717, 1.165) is 18.7 Å². The molecule has 0 amide bonds. The van der Waals surface area contributed by atoms with Crippen molar-refractivity contribution < 1.29 is 14.3 Å². The molecule has 1 N–H and O–H groups in total. The number of carbonyl (C=O) groups excluding carboxylic acids is 1. The molecule has 0 heterocycles. The first-order valence-corrected chi connectivity index (χ1v) is 6.74. The van der Waals surface area contributed by atoms with Crippen LogP contribution in [0.2, 0.25) is 0 Å². The molecule has 0 spiro atoms. The third-order valence-electron chi connectivity index (χ3n) is 2.92. The van der Waals surface area contributed by atoms with Crippen molar-refractivity contribution >= 4 is 5.97 Å². The number of aryl methyl sites for hydroxylation is 1. The summed E-state index contributed by atoms with van der Waals surface area (Å²) in [5.41, 5.74) is 1.24. The molecule has 1 aromatic rings. The number of rotatable bonds is 8. The second kappa shape index (κ2) is 8.53. The average Bonchev–Trinajstić information content (AvgIpc) is 2.45. The molecule has 1 unspecified atom stereocenters. The normalized spacial score (nSPS) is 11.9. The van der Waals surface area contributed by atoms with Gasteiger partial charge in [-0.1, -0.05) is 26.0 Å². The van der Waals surface area contributed by atoms with Crippen LogP contribution in [0.1, 0.15) is 25.8 Å². The molecule has 0 saturated heterocycles. The summed E-state index contributed by atoms with van der Waals surface area (Å²) in [6.07, 6.45) is 1.58. The van der Waals surface area contributed by atoms with Crippen LogP contribution in [-0.4, -0.2) is 32.3 Å². The number of nitrogens with one attached hydrogen (secondary N) is 1. The van der Waals surface area contributed by atoms with Gasteiger partial charge in [-0.2, -0.15) is 0 Å². The number of hydrogen-bond acceptors (Lipinski definition) is 4. The third kappa shape index (κ3) is 5.30. The highest BCUT2D eigenvalue weighted by Crippen LogP contribution is 2.14. The van der Waals surface area contributed by atoms with E-state index in [-0.39, 0.29) is 12.0 Å². The van der Waals surface area contributed by atoms with Crippen molar-refractivity contribution in [2.75, 3.05) is 20.3 Å². The lowest BCUT2D eigenvalue weighted by Crippen LogP contribution is -2.38. The highest BCUT2D eigenvalue weighted by atomic mass is 16.5. The third-order valence-corrected chi connectivity index (χ3v) is 2.92. The molecular formula is C15H23NO3. The predicted molar refractivity (Wildman–Crippen MR) is 75.4 cm³/mol. The van der Waals surface area contributed by atoms with E-state index >= 15 is 0 Å². The van der Waals surface area contributed by atoms with Crippen molar-refractivity contribution in [3.05, 3.63) is 29.8 Å². The lowest BCUT2D eigenvalue weighted by atomic mass is 10.1. The lowest BCUT2D eigenvalue weighted by molar-refractivity contribution is -0.143. The molecule has 0 aliphatic rings. The Morgan fingerprint density at radius 3 is 2.79 bits per heavy atom. The van der Waals surface area contributed by atoms with Crippen LogP contribution in [0.4, 0.5) is 0 Å². The Hall–Kier alpha value is -1.55. The van der Waals surface area contributed by atoms with E-state index in [9.17, 15) is 4.79 Å². The van der Waals surface area contributed by atoms with Crippen molar-refractivity contribution in [1.29, 1.82) is 0 Å². The zero-order valence-electron chi connectivity index (χ0n) is 11.9. The topological polar surface area (TPSA) is 47.6 Å². The molecule has 1 atom stereocenters. The van der Waals surface area contributed by atoms with Crippen LogP contribution in [0.15, 0.2) is 24.3 Å². The first-order valence-electron chi connectivity index (χ1n) is 6.74. The second-order valence-corrected chi connectivity index (χ2v) is 4.27. The summed E-state index contributed by atoms with van der Waals surface area (Å²) >= 11 is 0. The summed E-state index contributed by atoms with van der Waals surface area (Å²) in [5, 5.41) is 3.09. The Morgan fingerprint density at radius 2 is 2.16 bits per heavy atom. The van der Waals surface area contributed by atoms with E-state index in [0.29, 0.717) is 13.0 Å². The molecule has 0 aliphatic carbocycles. The van der Waals surface area contributed by atoms with Crippen molar-refractivity contribution in [2.24, 2.45) is 0 Å². The molecule has 0 bridgehead atoms. The number of methoxy groups -OCH3 is 1. The van der Waals surface area contributed by atoms with Gasteiger partial charge in [-0.3, -0.25) is 4.79 Å². The summed E-state index contributed by atoms with van der Waals surface area (Å²) in [6.45, 7) is 5.28. The van der Waals surface area contributed by atoms with Crippen LogP contribution < -0.4 is 10.1 Å². The van der Waals surface area contributed by atoms with Gasteiger partial charge in [0.15, 0.2) is 0 Å². The highest BCUT2D eigenvalue weighted by molar-refractivity contribution is 5.75. The molecule has 0 radical (unpaired) electrons. The van der Waals surface area contributed by atoms with Crippen molar-refractivity contribution in [3.8, 4) is 5.75 Å². The fraction of sp³-hybridized carbons (Fsp3) is 0.533. The maximum absolute atomic E-state index is 11.5. The Morgan fingerprint density at radius 1 is 1.37 bits per heavy atom. The average molecular weight is 265 g/mol. The molecule has 0 aromatic heterocycles. The second-order valence-electron chi connectivity index (χ2n) is 4.27. The van der Waals surface area contributed by atoms with Gasteiger partial charge in [0.2, 0.25) is 0 Å². The summed E-state index contributed by atoms with van der Waals surface area (Å²) in [7, 11) is 1.40. The number of carbonyl (C=O) groups is 1. The van der Waals surface area contributed by atoms with E-state index < -0.39 is 0 Å². The van der Waals surface area contributed by atoms with Crippen LogP contribution in [0.3, 0.4) is 0 Å². The maximum atomic E-state index is 11.5. The fourth-order valence-corrected chi connectivity index (χ4v) is 1.84. The van der Waals surface area contributed by atoms with Gasteiger partial charge in [-0.25, -0.2) is 0 Å². The van der Waals surface area contributed by atoms with E-state index in [2.05, 4.69) is 18.3 Å². The van der Waals surface area contributed by atoms with Crippen LogP contribution in [-0.2, 0) is 16.0 Å².